The molecule has 1 aliphatic heterocycles. The molecule has 1 fully saturated rings. The third-order valence-electron chi connectivity index (χ3n) is 7.02. The minimum atomic E-state index is -1.02. The number of aliphatic carboxylic acids is 1. The fourth-order valence-corrected chi connectivity index (χ4v) is 5.28. The van der Waals surface area contributed by atoms with Crippen LogP contribution in [0.1, 0.15) is 29.9 Å². The summed E-state index contributed by atoms with van der Waals surface area (Å²) in [7, 11) is 0. The van der Waals surface area contributed by atoms with Gasteiger partial charge in [-0.2, -0.15) is 0 Å². The summed E-state index contributed by atoms with van der Waals surface area (Å²) in [5, 5.41) is 12.4. The van der Waals surface area contributed by atoms with Crippen molar-refractivity contribution in [2.24, 2.45) is 5.92 Å². The largest absolute Gasteiger partial charge is 0.480 e. The number of nitrogens with one attached hydrogen (secondary N) is 1. The van der Waals surface area contributed by atoms with Gasteiger partial charge in [-0.3, -0.25) is 0 Å². The molecule has 1 heterocycles. The number of ether oxygens (including phenoxy) is 1. The van der Waals surface area contributed by atoms with Crippen LogP contribution >= 0.6 is 0 Å². The van der Waals surface area contributed by atoms with E-state index in [-0.39, 0.29) is 18.4 Å². The molecule has 6 heteroatoms. The zero-order chi connectivity index (χ0) is 23.5. The first-order valence-corrected chi connectivity index (χ1v) is 11.8. The van der Waals surface area contributed by atoms with E-state index in [0.717, 1.165) is 41.0 Å². The van der Waals surface area contributed by atoms with Gasteiger partial charge in [0.1, 0.15) is 12.6 Å². The van der Waals surface area contributed by atoms with Crippen LogP contribution in [0.25, 0.3) is 11.1 Å². The van der Waals surface area contributed by atoms with Crippen molar-refractivity contribution >= 4 is 17.7 Å². The number of benzene rings is 3. The lowest BCUT2D eigenvalue weighted by atomic mass is 9.89. The van der Waals surface area contributed by atoms with E-state index in [2.05, 4.69) is 46.6 Å². The molecule has 1 amide bonds. The zero-order valence-electron chi connectivity index (χ0n) is 18.9. The molecule has 2 aliphatic rings. The van der Waals surface area contributed by atoms with Gasteiger partial charge in [0.25, 0.3) is 0 Å². The number of carbonyl (C=O) groups is 2. The van der Waals surface area contributed by atoms with Crippen LogP contribution in [0.15, 0.2) is 78.9 Å². The molecule has 3 aromatic carbocycles. The van der Waals surface area contributed by atoms with Crippen LogP contribution in [0.5, 0.6) is 0 Å². The summed E-state index contributed by atoms with van der Waals surface area (Å²) >= 11 is 0. The van der Waals surface area contributed by atoms with Gasteiger partial charge < -0.3 is 20.1 Å². The molecule has 1 aliphatic carbocycles. The van der Waals surface area contributed by atoms with Crippen molar-refractivity contribution < 1.29 is 19.4 Å². The normalized spacial score (nSPS) is 16.4. The van der Waals surface area contributed by atoms with Gasteiger partial charge in [-0.25, -0.2) is 9.59 Å². The Morgan fingerprint density at radius 1 is 0.882 bits per heavy atom. The number of carbonyl (C=O) groups excluding carboxylic acids is 1. The third kappa shape index (κ3) is 4.36. The number of amides is 1. The summed E-state index contributed by atoms with van der Waals surface area (Å²) in [5.41, 5.74) is 5.69. The number of piperidine rings is 1. The second kappa shape index (κ2) is 9.59. The van der Waals surface area contributed by atoms with Gasteiger partial charge in [0.2, 0.25) is 0 Å². The van der Waals surface area contributed by atoms with E-state index in [1.165, 1.54) is 0 Å². The fraction of sp³-hybridized carbons (Fsp3) is 0.286. The lowest BCUT2D eigenvalue weighted by Crippen LogP contribution is -2.50. The number of carboxylic acid groups (broad SMARTS) is 1. The first-order chi connectivity index (χ1) is 16.6. The Balaban J connectivity index is 1.20. The van der Waals surface area contributed by atoms with Crippen LogP contribution in [0.4, 0.5) is 10.5 Å². The average Bonchev–Trinajstić information content (AvgIpc) is 3.20. The second-order valence-electron chi connectivity index (χ2n) is 8.95. The number of hydrogen-bond acceptors (Lipinski definition) is 4. The molecule has 6 nitrogen and oxygen atoms in total. The number of fused-ring (bicyclic) bond motifs is 3. The smallest absolute Gasteiger partial charge is 0.407 e. The Hall–Kier alpha value is -3.80. The summed E-state index contributed by atoms with van der Waals surface area (Å²) in [5.74, 6) is -1.22. The Morgan fingerprint density at radius 2 is 1.44 bits per heavy atom. The van der Waals surface area contributed by atoms with E-state index in [1.807, 2.05) is 42.5 Å². The molecule has 0 bridgehead atoms. The molecule has 5 rings (SSSR count). The second-order valence-corrected chi connectivity index (χ2v) is 8.95. The molecule has 0 unspecified atom stereocenters. The van der Waals surface area contributed by atoms with Crippen LogP contribution in [0, 0.1) is 5.92 Å². The number of alkyl carbamates (subject to hydrolysis) is 1. The number of carboxylic acids is 1. The maximum atomic E-state index is 12.7. The summed E-state index contributed by atoms with van der Waals surface area (Å²) in [6, 6.07) is 25.4. The summed E-state index contributed by atoms with van der Waals surface area (Å²) in [6.45, 7) is 1.67. The topological polar surface area (TPSA) is 78.9 Å². The Labute approximate surface area is 199 Å². The highest BCUT2D eigenvalue weighted by Crippen LogP contribution is 2.44. The van der Waals surface area contributed by atoms with Gasteiger partial charge >= 0.3 is 12.1 Å². The molecule has 0 saturated carbocycles. The predicted molar refractivity (Wildman–Crippen MR) is 131 cm³/mol. The van der Waals surface area contributed by atoms with Crippen molar-refractivity contribution in [3.63, 3.8) is 0 Å². The van der Waals surface area contributed by atoms with Crippen molar-refractivity contribution in [2.45, 2.75) is 24.8 Å². The summed E-state index contributed by atoms with van der Waals surface area (Å²) in [6.07, 6.45) is 0.699. The minimum Gasteiger partial charge on any atom is -0.480 e. The third-order valence-corrected chi connectivity index (χ3v) is 7.02. The van der Waals surface area contributed by atoms with Crippen LogP contribution < -0.4 is 10.2 Å². The first kappa shape index (κ1) is 22.0. The molecule has 1 saturated heterocycles. The summed E-state index contributed by atoms with van der Waals surface area (Å²) in [4.78, 5) is 26.9. The van der Waals surface area contributed by atoms with Crippen LogP contribution in [0.3, 0.4) is 0 Å². The Kier molecular flexibility index (Phi) is 6.21. The SMILES string of the molecule is O=C(N[C@H](C(=O)O)C1CCN(c2ccccc2)CC1)OCC1c2ccccc2-c2ccccc21. The van der Waals surface area contributed by atoms with Crippen molar-refractivity contribution in [3.05, 3.63) is 90.0 Å². The highest BCUT2D eigenvalue weighted by Gasteiger charge is 2.34. The molecule has 3 aromatic rings. The van der Waals surface area contributed by atoms with Gasteiger partial charge in [-0.05, 0) is 53.1 Å². The number of hydrogen-bond donors (Lipinski definition) is 2. The van der Waals surface area contributed by atoms with E-state index < -0.39 is 18.1 Å². The van der Waals surface area contributed by atoms with Gasteiger partial charge in [0.05, 0.1) is 0 Å². The van der Waals surface area contributed by atoms with Crippen molar-refractivity contribution in [1.29, 1.82) is 0 Å². The first-order valence-electron chi connectivity index (χ1n) is 11.8. The molecule has 1 atom stereocenters. The van der Waals surface area contributed by atoms with E-state index in [4.69, 9.17) is 4.74 Å². The fourth-order valence-electron chi connectivity index (χ4n) is 5.28. The number of para-hydroxylation sites is 1. The molecule has 0 radical (unpaired) electrons. The molecule has 0 aromatic heterocycles. The standard InChI is InChI=1S/C28H28N2O4/c31-27(32)26(19-14-16-30(17-15-19)20-8-2-1-3-9-20)29-28(33)34-18-25-23-12-6-4-10-21(23)22-11-5-7-13-24(22)25/h1-13,19,25-26H,14-18H2,(H,29,33)(H,31,32)/t26-/m0/s1. The van der Waals surface area contributed by atoms with Gasteiger partial charge in [-0.15, -0.1) is 0 Å². The Bertz CT molecular complexity index is 1130. The van der Waals surface area contributed by atoms with Gasteiger partial charge in [0.15, 0.2) is 0 Å². The maximum Gasteiger partial charge on any atom is 0.407 e. The molecule has 0 spiro atoms. The van der Waals surface area contributed by atoms with Crippen molar-refractivity contribution in [2.75, 3.05) is 24.6 Å². The monoisotopic (exact) mass is 456 g/mol. The van der Waals surface area contributed by atoms with Crippen LogP contribution in [-0.4, -0.2) is 42.9 Å². The quantitative estimate of drug-likeness (QED) is 0.552. The zero-order valence-corrected chi connectivity index (χ0v) is 18.9. The summed E-state index contributed by atoms with van der Waals surface area (Å²) < 4.78 is 5.58. The van der Waals surface area contributed by atoms with E-state index in [1.54, 1.807) is 0 Å². The highest BCUT2D eigenvalue weighted by atomic mass is 16.5. The Morgan fingerprint density at radius 3 is 2.03 bits per heavy atom. The number of rotatable bonds is 6. The van der Waals surface area contributed by atoms with Gasteiger partial charge in [-0.1, -0.05) is 66.7 Å². The minimum absolute atomic E-state index is 0.0597. The average molecular weight is 457 g/mol. The van der Waals surface area contributed by atoms with Crippen molar-refractivity contribution in [3.8, 4) is 11.1 Å². The number of nitrogens with zero attached hydrogens (tertiary/aromatic N) is 1. The lowest BCUT2D eigenvalue weighted by molar-refractivity contribution is -0.141. The van der Waals surface area contributed by atoms with Crippen LogP contribution in [-0.2, 0) is 9.53 Å². The molecular formula is C28H28N2O4. The van der Waals surface area contributed by atoms with Gasteiger partial charge in [0, 0.05) is 24.7 Å². The van der Waals surface area contributed by atoms with E-state index >= 15 is 0 Å². The maximum absolute atomic E-state index is 12.7. The molecule has 2 N–H and O–H groups in total. The lowest BCUT2D eigenvalue weighted by Gasteiger charge is -2.36. The highest BCUT2D eigenvalue weighted by molar-refractivity contribution is 5.81. The molecule has 174 valence electrons. The predicted octanol–water partition coefficient (Wildman–Crippen LogP) is 4.89. The van der Waals surface area contributed by atoms with Crippen molar-refractivity contribution in [1.82, 2.24) is 5.32 Å². The molecular weight excluding hydrogens is 428 g/mol. The van der Waals surface area contributed by atoms with E-state index in [0.29, 0.717) is 12.8 Å². The number of anilines is 1. The molecule has 34 heavy (non-hydrogen) atoms. The van der Waals surface area contributed by atoms with Crippen LogP contribution in [0.2, 0.25) is 0 Å². The van der Waals surface area contributed by atoms with E-state index in [9.17, 15) is 14.7 Å².